The number of rotatable bonds is 4. The number of alkyl halides is 1. The summed E-state index contributed by atoms with van der Waals surface area (Å²) in [5.41, 5.74) is 3.16. The van der Waals surface area contributed by atoms with E-state index in [4.69, 9.17) is 0 Å². The molecule has 1 aromatic carbocycles. The van der Waals surface area contributed by atoms with Crippen LogP contribution in [0, 0.1) is 5.82 Å². The number of hydrogen-bond donors (Lipinski definition) is 0. The van der Waals surface area contributed by atoms with E-state index in [0.29, 0.717) is 23.0 Å². The van der Waals surface area contributed by atoms with Gasteiger partial charge in [0.25, 0.3) is 0 Å². The molecule has 150 valence electrons. The van der Waals surface area contributed by atoms with Crippen molar-refractivity contribution in [1.82, 2.24) is 34.6 Å². The Hall–Kier alpha value is -3.75. The lowest BCUT2D eigenvalue weighted by Gasteiger charge is -2.10. The first-order valence-electron chi connectivity index (χ1n) is 9.47. The summed E-state index contributed by atoms with van der Waals surface area (Å²) in [6.07, 6.45) is 4.06. The van der Waals surface area contributed by atoms with Crippen molar-refractivity contribution in [3.63, 3.8) is 0 Å². The van der Waals surface area contributed by atoms with Crippen LogP contribution in [-0.4, -0.2) is 34.6 Å². The minimum Gasteiger partial charge on any atom is -0.275 e. The van der Waals surface area contributed by atoms with Gasteiger partial charge in [0.05, 0.1) is 17.4 Å². The van der Waals surface area contributed by atoms with Gasteiger partial charge in [-0.1, -0.05) is 6.92 Å². The Kier molecular flexibility index (Phi) is 4.23. The van der Waals surface area contributed by atoms with E-state index in [2.05, 4.69) is 25.4 Å². The maximum absolute atomic E-state index is 15.4. The third-order valence-corrected chi connectivity index (χ3v) is 5.04. The van der Waals surface area contributed by atoms with Gasteiger partial charge in [-0.3, -0.25) is 9.67 Å². The van der Waals surface area contributed by atoms with E-state index < -0.39 is 12.0 Å². The first kappa shape index (κ1) is 18.3. The summed E-state index contributed by atoms with van der Waals surface area (Å²) < 4.78 is 33.2. The molecule has 1 atom stereocenters. The number of aryl methyl sites for hydroxylation is 2. The number of hydrogen-bond acceptors (Lipinski definition) is 5. The van der Waals surface area contributed by atoms with Gasteiger partial charge in [-0.25, -0.2) is 8.78 Å². The van der Waals surface area contributed by atoms with Gasteiger partial charge >= 0.3 is 0 Å². The van der Waals surface area contributed by atoms with Gasteiger partial charge in [0, 0.05) is 47.6 Å². The Morgan fingerprint density at radius 1 is 1.07 bits per heavy atom. The molecule has 1 unspecified atom stereocenters. The molecule has 0 spiro atoms. The zero-order valence-electron chi connectivity index (χ0n) is 16.3. The fourth-order valence-electron chi connectivity index (χ4n) is 3.42. The molecule has 0 aliphatic rings. The summed E-state index contributed by atoms with van der Waals surface area (Å²) in [5.74, 6) is -0.755. The molecule has 7 nitrogen and oxygen atoms in total. The second kappa shape index (κ2) is 6.94. The van der Waals surface area contributed by atoms with E-state index in [0.717, 1.165) is 16.8 Å². The van der Waals surface area contributed by atoms with Crippen molar-refractivity contribution >= 4 is 16.6 Å². The maximum atomic E-state index is 15.4. The van der Waals surface area contributed by atoms with Gasteiger partial charge in [0.1, 0.15) is 5.82 Å². The summed E-state index contributed by atoms with van der Waals surface area (Å²) in [6.45, 7) is 1.95. The van der Waals surface area contributed by atoms with Gasteiger partial charge in [-0.2, -0.15) is 14.7 Å². The SMILES string of the molecule is CCc1ccc2nnc(C(F)c3cc4cc(-c5cnn(C)c5)cnc4cc3F)n2n1. The summed E-state index contributed by atoms with van der Waals surface area (Å²) in [6, 6.07) is 8.06. The normalized spacial score (nSPS) is 12.7. The molecule has 9 heteroatoms. The summed E-state index contributed by atoms with van der Waals surface area (Å²) in [7, 11) is 1.82. The van der Waals surface area contributed by atoms with Crippen molar-refractivity contribution < 1.29 is 8.78 Å². The summed E-state index contributed by atoms with van der Waals surface area (Å²) >= 11 is 0. The molecule has 0 saturated carbocycles. The highest BCUT2D eigenvalue weighted by molar-refractivity contribution is 5.84. The van der Waals surface area contributed by atoms with Gasteiger partial charge in [0.2, 0.25) is 0 Å². The number of halogens is 2. The molecule has 30 heavy (non-hydrogen) atoms. The Morgan fingerprint density at radius 2 is 1.93 bits per heavy atom. The Morgan fingerprint density at radius 3 is 2.70 bits per heavy atom. The van der Waals surface area contributed by atoms with Crippen LogP contribution in [0.1, 0.15) is 30.2 Å². The molecule has 0 fully saturated rings. The predicted octanol–water partition coefficient (Wildman–Crippen LogP) is 3.83. The third-order valence-electron chi connectivity index (χ3n) is 5.04. The smallest absolute Gasteiger partial charge is 0.193 e. The van der Waals surface area contributed by atoms with Crippen LogP contribution in [0.25, 0.3) is 27.7 Å². The van der Waals surface area contributed by atoms with Gasteiger partial charge in [0.15, 0.2) is 17.6 Å². The molecule has 0 aliphatic carbocycles. The van der Waals surface area contributed by atoms with Crippen LogP contribution in [0.4, 0.5) is 8.78 Å². The first-order chi connectivity index (χ1) is 14.5. The van der Waals surface area contributed by atoms with Crippen molar-refractivity contribution in [2.24, 2.45) is 7.05 Å². The molecule has 5 rings (SSSR count). The number of benzene rings is 1. The Labute approximate surface area is 170 Å². The summed E-state index contributed by atoms with van der Waals surface area (Å²) in [5, 5.41) is 17.0. The minimum atomic E-state index is -1.83. The predicted molar refractivity (Wildman–Crippen MR) is 107 cm³/mol. The van der Waals surface area contributed by atoms with E-state index in [9.17, 15) is 4.39 Å². The van der Waals surface area contributed by atoms with E-state index in [1.54, 1.807) is 23.1 Å². The lowest BCUT2D eigenvalue weighted by atomic mass is 10.0. The monoisotopic (exact) mass is 405 g/mol. The highest BCUT2D eigenvalue weighted by Crippen LogP contribution is 2.31. The van der Waals surface area contributed by atoms with Gasteiger partial charge in [-0.15, -0.1) is 10.2 Å². The van der Waals surface area contributed by atoms with Crippen LogP contribution in [0.3, 0.4) is 0 Å². The molecular formula is C21H17F2N7. The van der Waals surface area contributed by atoms with Crippen LogP contribution < -0.4 is 0 Å². The highest BCUT2D eigenvalue weighted by atomic mass is 19.1. The zero-order valence-corrected chi connectivity index (χ0v) is 16.3. The van der Waals surface area contributed by atoms with Crippen molar-refractivity contribution in [2.45, 2.75) is 19.5 Å². The minimum absolute atomic E-state index is 0.0603. The standard InChI is InChI=1S/C21H17F2N7/c1-3-15-4-5-19-26-27-21(30(19)28-15)20(23)16-7-12-6-13(14-10-25-29(2)11-14)9-24-18(12)8-17(16)22/h4-11,20H,3H2,1-2H3. The van der Waals surface area contributed by atoms with Crippen LogP contribution in [-0.2, 0) is 13.5 Å². The van der Waals surface area contributed by atoms with E-state index in [1.165, 1.54) is 16.6 Å². The van der Waals surface area contributed by atoms with E-state index >= 15 is 4.39 Å². The third kappa shape index (κ3) is 2.99. The molecule has 0 amide bonds. The van der Waals surface area contributed by atoms with Gasteiger partial charge in [-0.05, 0) is 30.7 Å². The van der Waals surface area contributed by atoms with Crippen LogP contribution in [0.15, 0.2) is 48.9 Å². The lowest BCUT2D eigenvalue weighted by molar-refractivity contribution is 0.365. The Bertz CT molecular complexity index is 1390. The first-order valence-corrected chi connectivity index (χ1v) is 9.47. The molecule has 0 saturated heterocycles. The number of pyridine rings is 1. The van der Waals surface area contributed by atoms with Gasteiger partial charge < -0.3 is 0 Å². The van der Waals surface area contributed by atoms with E-state index in [1.807, 2.05) is 32.3 Å². The number of aromatic nitrogens is 7. The molecule has 4 heterocycles. The number of fused-ring (bicyclic) bond motifs is 2. The number of nitrogens with zero attached hydrogens (tertiary/aromatic N) is 7. The van der Waals surface area contributed by atoms with Crippen molar-refractivity contribution in [3.05, 3.63) is 71.8 Å². The van der Waals surface area contributed by atoms with Crippen molar-refractivity contribution in [2.75, 3.05) is 0 Å². The lowest BCUT2D eigenvalue weighted by Crippen LogP contribution is -2.07. The molecule has 0 aliphatic heterocycles. The molecule has 0 N–H and O–H groups in total. The van der Waals surface area contributed by atoms with E-state index in [-0.39, 0.29) is 11.4 Å². The molecule has 4 aromatic heterocycles. The van der Waals surface area contributed by atoms with Crippen LogP contribution in [0.5, 0.6) is 0 Å². The average molecular weight is 405 g/mol. The largest absolute Gasteiger partial charge is 0.275 e. The second-order valence-corrected chi connectivity index (χ2v) is 7.06. The molecule has 0 bridgehead atoms. The highest BCUT2D eigenvalue weighted by Gasteiger charge is 2.24. The van der Waals surface area contributed by atoms with Crippen molar-refractivity contribution in [1.29, 1.82) is 0 Å². The topological polar surface area (TPSA) is 73.8 Å². The average Bonchev–Trinajstić information content (AvgIpc) is 3.38. The van der Waals surface area contributed by atoms with Crippen LogP contribution in [0.2, 0.25) is 0 Å². The second-order valence-electron chi connectivity index (χ2n) is 7.06. The molecule has 5 aromatic rings. The fourth-order valence-corrected chi connectivity index (χ4v) is 3.42. The van der Waals surface area contributed by atoms with Crippen molar-refractivity contribution in [3.8, 4) is 11.1 Å². The summed E-state index contributed by atoms with van der Waals surface area (Å²) in [4.78, 5) is 4.32. The zero-order chi connectivity index (χ0) is 20.8. The maximum Gasteiger partial charge on any atom is 0.193 e. The van der Waals surface area contributed by atoms with Crippen LogP contribution >= 0.6 is 0 Å². The Balaban J connectivity index is 1.61. The molecular weight excluding hydrogens is 388 g/mol. The molecule has 0 radical (unpaired) electrons. The quantitative estimate of drug-likeness (QED) is 0.454. The fraction of sp³-hybridized carbons (Fsp3) is 0.190.